The zero-order valence-corrected chi connectivity index (χ0v) is 11.0. The summed E-state index contributed by atoms with van der Waals surface area (Å²) in [6, 6.07) is 5.62. The highest BCUT2D eigenvalue weighted by Gasteiger charge is 2.19. The first-order chi connectivity index (χ1) is 9.61. The fourth-order valence-corrected chi connectivity index (χ4v) is 2.34. The third-order valence-electron chi connectivity index (χ3n) is 3.31. The minimum absolute atomic E-state index is 0.177. The van der Waals surface area contributed by atoms with E-state index in [2.05, 4.69) is 10.1 Å². The first-order valence-electron chi connectivity index (χ1n) is 6.02. The number of carboxylic acid groups (broad SMARTS) is 1. The summed E-state index contributed by atoms with van der Waals surface area (Å²) in [4.78, 5) is 14.4. The largest absolute Gasteiger partial charge is 0.497 e. The number of aromatic carboxylic acids is 1. The molecule has 2 aromatic heterocycles. The lowest BCUT2D eigenvalue weighted by Crippen LogP contribution is -2.00. The van der Waals surface area contributed by atoms with Gasteiger partial charge in [-0.05, 0) is 18.2 Å². The number of carbonyl (C=O) groups is 1. The molecule has 0 unspecified atom stereocenters. The second-order valence-corrected chi connectivity index (χ2v) is 4.45. The molecule has 0 aliphatic rings. The smallest absolute Gasteiger partial charge is 0.339 e. The molecule has 2 heterocycles. The molecule has 0 saturated carbocycles. The Hall–Kier alpha value is -2.76. The topological polar surface area (TPSA) is 80.1 Å². The Balaban J connectivity index is 2.29. The van der Waals surface area contributed by atoms with Crippen LogP contribution >= 0.6 is 0 Å². The maximum atomic E-state index is 11.3. The molecule has 0 radical (unpaired) electrons. The Bertz CT molecular complexity index is 801. The predicted octanol–water partition coefficient (Wildman–Crippen LogP) is 2.28. The van der Waals surface area contributed by atoms with E-state index < -0.39 is 5.97 Å². The Labute approximate surface area is 114 Å². The normalized spacial score (nSPS) is 10.9. The van der Waals surface area contributed by atoms with Crippen LogP contribution in [0, 0.1) is 0 Å². The van der Waals surface area contributed by atoms with Crippen molar-refractivity contribution in [3.63, 3.8) is 0 Å². The van der Waals surface area contributed by atoms with Gasteiger partial charge >= 0.3 is 5.97 Å². The second kappa shape index (κ2) is 4.41. The minimum atomic E-state index is -0.995. The second-order valence-electron chi connectivity index (χ2n) is 4.45. The quantitative estimate of drug-likeness (QED) is 0.765. The third kappa shape index (κ3) is 1.73. The summed E-state index contributed by atoms with van der Waals surface area (Å²) in [5.41, 5.74) is 2.45. The predicted molar refractivity (Wildman–Crippen MR) is 74.0 cm³/mol. The standard InChI is InChI=1S/C14H13N3O3/c1-17-13(11(7-16-17)14(18)19)10-6-15-12-4-3-8(20-2)5-9(10)12/h3-7,15H,1-2H3,(H,18,19). The molecular weight excluding hydrogens is 258 g/mol. The highest BCUT2D eigenvalue weighted by atomic mass is 16.5. The molecule has 0 saturated heterocycles. The van der Waals surface area contributed by atoms with Gasteiger partial charge in [0.1, 0.15) is 11.3 Å². The molecule has 3 rings (SSSR count). The van der Waals surface area contributed by atoms with Crippen LogP contribution in [0.4, 0.5) is 0 Å². The van der Waals surface area contributed by atoms with Crippen molar-refractivity contribution in [3.05, 3.63) is 36.2 Å². The molecule has 3 aromatic rings. The molecule has 102 valence electrons. The van der Waals surface area contributed by atoms with Gasteiger partial charge in [-0.1, -0.05) is 0 Å². The van der Waals surface area contributed by atoms with Gasteiger partial charge in [-0.2, -0.15) is 5.10 Å². The third-order valence-corrected chi connectivity index (χ3v) is 3.31. The molecule has 20 heavy (non-hydrogen) atoms. The Morgan fingerprint density at radius 1 is 1.45 bits per heavy atom. The number of nitrogens with zero attached hydrogens (tertiary/aromatic N) is 2. The number of fused-ring (bicyclic) bond motifs is 1. The maximum Gasteiger partial charge on any atom is 0.339 e. The van der Waals surface area contributed by atoms with Gasteiger partial charge in [-0.3, -0.25) is 4.68 Å². The van der Waals surface area contributed by atoms with Crippen molar-refractivity contribution in [2.24, 2.45) is 7.05 Å². The van der Waals surface area contributed by atoms with Gasteiger partial charge < -0.3 is 14.8 Å². The lowest BCUT2D eigenvalue weighted by Gasteiger charge is -2.04. The van der Waals surface area contributed by atoms with Gasteiger partial charge in [-0.25, -0.2) is 4.79 Å². The van der Waals surface area contributed by atoms with Gasteiger partial charge in [0.15, 0.2) is 0 Å². The van der Waals surface area contributed by atoms with E-state index in [0.29, 0.717) is 5.69 Å². The summed E-state index contributed by atoms with van der Waals surface area (Å²) in [5.74, 6) is -0.275. The molecule has 0 spiro atoms. The molecule has 1 aromatic carbocycles. The number of hydrogen-bond acceptors (Lipinski definition) is 3. The number of rotatable bonds is 3. The van der Waals surface area contributed by atoms with E-state index in [4.69, 9.17) is 4.74 Å². The van der Waals surface area contributed by atoms with Crippen molar-refractivity contribution in [3.8, 4) is 17.0 Å². The van der Waals surface area contributed by atoms with E-state index in [-0.39, 0.29) is 5.56 Å². The minimum Gasteiger partial charge on any atom is -0.497 e. The number of aromatic nitrogens is 3. The van der Waals surface area contributed by atoms with E-state index in [1.165, 1.54) is 6.20 Å². The number of aromatic amines is 1. The van der Waals surface area contributed by atoms with Crippen molar-refractivity contribution < 1.29 is 14.6 Å². The van der Waals surface area contributed by atoms with Crippen LogP contribution in [0.3, 0.4) is 0 Å². The Morgan fingerprint density at radius 2 is 2.25 bits per heavy atom. The molecular formula is C14H13N3O3. The first-order valence-corrected chi connectivity index (χ1v) is 6.02. The van der Waals surface area contributed by atoms with E-state index in [9.17, 15) is 9.90 Å². The van der Waals surface area contributed by atoms with E-state index in [1.54, 1.807) is 25.0 Å². The van der Waals surface area contributed by atoms with Crippen LogP contribution < -0.4 is 4.74 Å². The van der Waals surface area contributed by atoms with Crippen molar-refractivity contribution in [1.29, 1.82) is 0 Å². The summed E-state index contributed by atoms with van der Waals surface area (Å²) < 4.78 is 6.78. The van der Waals surface area contributed by atoms with Crippen LogP contribution in [-0.2, 0) is 7.05 Å². The molecule has 0 fully saturated rings. The van der Waals surface area contributed by atoms with Crippen LogP contribution in [0.5, 0.6) is 5.75 Å². The number of ether oxygens (including phenoxy) is 1. The summed E-state index contributed by atoms with van der Waals surface area (Å²) in [6.07, 6.45) is 3.14. The van der Waals surface area contributed by atoms with Gasteiger partial charge in [-0.15, -0.1) is 0 Å². The maximum absolute atomic E-state index is 11.3. The molecule has 2 N–H and O–H groups in total. The number of benzene rings is 1. The van der Waals surface area contributed by atoms with Crippen molar-refractivity contribution >= 4 is 16.9 Å². The lowest BCUT2D eigenvalue weighted by atomic mass is 10.1. The molecule has 0 atom stereocenters. The molecule has 0 aliphatic carbocycles. The molecule has 0 amide bonds. The Kier molecular flexibility index (Phi) is 2.71. The molecule has 0 bridgehead atoms. The zero-order chi connectivity index (χ0) is 14.3. The number of H-pyrrole nitrogens is 1. The number of aryl methyl sites for hydroxylation is 1. The van der Waals surface area contributed by atoms with Gasteiger partial charge in [0, 0.05) is 29.7 Å². The zero-order valence-electron chi connectivity index (χ0n) is 11.0. The van der Waals surface area contributed by atoms with Crippen LogP contribution in [-0.4, -0.2) is 33.0 Å². The van der Waals surface area contributed by atoms with Crippen molar-refractivity contribution in [2.45, 2.75) is 0 Å². The highest BCUT2D eigenvalue weighted by molar-refractivity contribution is 6.02. The summed E-state index contributed by atoms with van der Waals surface area (Å²) in [6.45, 7) is 0. The van der Waals surface area contributed by atoms with Crippen LogP contribution in [0.2, 0.25) is 0 Å². The molecule has 0 aliphatic heterocycles. The van der Waals surface area contributed by atoms with Gasteiger partial charge in [0.05, 0.1) is 19.0 Å². The monoisotopic (exact) mass is 271 g/mol. The average Bonchev–Trinajstić information content (AvgIpc) is 3.01. The van der Waals surface area contributed by atoms with E-state index in [1.807, 2.05) is 18.2 Å². The number of hydrogen-bond donors (Lipinski definition) is 2. The van der Waals surface area contributed by atoms with E-state index in [0.717, 1.165) is 22.2 Å². The lowest BCUT2D eigenvalue weighted by molar-refractivity contribution is 0.0697. The fraction of sp³-hybridized carbons (Fsp3) is 0.143. The summed E-state index contributed by atoms with van der Waals surface area (Å²) >= 11 is 0. The van der Waals surface area contributed by atoms with E-state index >= 15 is 0 Å². The van der Waals surface area contributed by atoms with Crippen molar-refractivity contribution in [2.75, 3.05) is 7.11 Å². The number of methoxy groups -OCH3 is 1. The molecule has 6 heteroatoms. The summed E-state index contributed by atoms with van der Waals surface area (Å²) in [7, 11) is 3.32. The number of carboxylic acids is 1. The van der Waals surface area contributed by atoms with Gasteiger partial charge in [0.25, 0.3) is 0 Å². The fourth-order valence-electron chi connectivity index (χ4n) is 2.34. The SMILES string of the molecule is COc1ccc2[nH]cc(-c3c(C(=O)O)cnn3C)c2c1. The average molecular weight is 271 g/mol. The van der Waals surface area contributed by atoms with Crippen LogP contribution in [0.25, 0.3) is 22.2 Å². The first kappa shape index (κ1) is 12.3. The molecule has 6 nitrogen and oxygen atoms in total. The van der Waals surface area contributed by atoms with Crippen LogP contribution in [0.1, 0.15) is 10.4 Å². The highest BCUT2D eigenvalue weighted by Crippen LogP contribution is 2.32. The van der Waals surface area contributed by atoms with Crippen LogP contribution in [0.15, 0.2) is 30.6 Å². The van der Waals surface area contributed by atoms with Gasteiger partial charge in [0.2, 0.25) is 0 Å². The number of nitrogens with one attached hydrogen (secondary N) is 1. The Morgan fingerprint density at radius 3 is 2.95 bits per heavy atom. The summed E-state index contributed by atoms with van der Waals surface area (Å²) in [5, 5.41) is 14.2. The van der Waals surface area contributed by atoms with Crippen molar-refractivity contribution in [1.82, 2.24) is 14.8 Å².